The fourth-order valence-corrected chi connectivity index (χ4v) is 2.27. The van der Waals surface area contributed by atoms with Crippen molar-refractivity contribution < 1.29 is 22.6 Å². The summed E-state index contributed by atoms with van der Waals surface area (Å²) in [5.74, 6) is 0.840. The molecule has 1 rings (SSSR count). The van der Waals surface area contributed by atoms with Crippen molar-refractivity contribution in [2.75, 3.05) is 26.4 Å². The summed E-state index contributed by atoms with van der Waals surface area (Å²) in [4.78, 5) is 0. The van der Waals surface area contributed by atoms with Gasteiger partial charge in [0.25, 0.3) is 0 Å². The Morgan fingerprint density at radius 2 is 1.71 bits per heavy atom. The largest absolute Gasteiger partial charge is 0.522 e. The van der Waals surface area contributed by atoms with Gasteiger partial charge in [-0.3, -0.25) is 4.74 Å². The third-order valence-corrected chi connectivity index (χ3v) is 3.19. The summed E-state index contributed by atoms with van der Waals surface area (Å²) in [6.07, 6.45) is -0.0569. The van der Waals surface area contributed by atoms with Gasteiger partial charge < -0.3 is 10.5 Å². The van der Waals surface area contributed by atoms with Crippen LogP contribution in [0.4, 0.5) is 13.2 Å². The molecule has 2 atom stereocenters. The van der Waals surface area contributed by atoms with Gasteiger partial charge in [-0.1, -0.05) is 12.8 Å². The minimum atomic E-state index is -4.56. The Balaban J connectivity index is 2.08. The normalized spacial score (nSPS) is 26.1. The van der Waals surface area contributed by atoms with Gasteiger partial charge in [-0.05, 0) is 31.2 Å². The standard InChI is InChI=1S/C11H20F3NO2/c12-11(13,14)17-6-5-16-8-10-4-2-1-3-9(10)7-15/h9-10H,1-8,15H2. The Morgan fingerprint density at radius 1 is 1.06 bits per heavy atom. The molecule has 17 heavy (non-hydrogen) atoms. The zero-order valence-electron chi connectivity index (χ0n) is 9.84. The van der Waals surface area contributed by atoms with Gasteiger partial charge in [0.05, 0.1) is 13.2 Å². The van der Waals surface area contributed by atoms with Crippen LogP contribution in [0, 0.1) is 11.8 Å². The topological polar surface area (TPSA) is 44.5 Å². The van der Waals surface area contributed by atoms with Gasteiger partial charge in [-0.2, -0.15) is 0 Å². The molecule has 102 valence electrons. The molecule has 0 radical (unpaired) electrons. The number of hydrogen-bond acceptors (Lipinski definition) is 3. The van der Waals surface area contributed by atoms with Crippen LogP contribution in [0.5, 0.6) is 0 Å². The van der Waals surface area contributed by atoms with E-state index in [2.05, 4.69) is 4.74 Å². The molecule has 0 bridgehead atoms. The summed E-state index contributed by atoms with van der Waals surface area (Å²) in [5.41, 5.74) is 5.65. The van der Waals surface area contributed by atoms with Crippen molar-refractivity contribution >= 4 is 0 Å². The van der Waals surface area contributed by atoms with Gasteiger partial charge >= 0.3 is 6.36 Å². The molecule has 2 unspecified atom stereocenters. The van der Waals surface area contributed by atoms with Crippen molar-refractivity contribution in [3.63, 3.8) is 0 Å². The Hall–Kier alpha value is -0.330. The first-order valence-electron chi connectivity index (χ1n) is 6.01. The highest BCUT2D eigenvalue weighted by Gasteiger charge is 2.29. The van der Waals surface area contributed by atoms with E-state index in [9.17, 15) is 13.2 Å². The van der Waals surface area contributed by atoms with E-state index in [4.69, 9.17) is 10.5 Å². The fourth-order valence-electron chi connectivity index (χ4n) is 2.27. The van der Waals surface area contributed by atoms with E-state index in [-0.39, 0.29) is 6.61 Å². The minimum absolute atomic E-state index is 0.0205. The van der Waals surface area contributed by atoms with Crippen molar-refractivity contribution in [3.8, 4) is 0 Å². The smallest absolute Gasteiger partial charge is 0.379 e. The Bertz CT molecular complexity index is 211. The van der Waals surface area contributed by atoms with Crippen LogP contribution in [0.2, 0.25) is 0 Å². The highest BCUT2D eigenvalue weighted by atomic mass is 19.4. The van der Waals surface area contributed by atoms with E-state index in [0.717, 1.165) is 19.3 Å². The van der Waals surface area contributed by atoms with Crippen LogP contribution in [-0.2, 0) is 9.47 Å². The molecule has 0 heterocycles. The average molecular weight is 255 g/mol. The van der Waals surface area contributed by atoms with Crippen molar-refractivity contribution in [3.05, 3.63) is 0 Å². The summed E-state index contributed by atoms with van der Waals surface area (Å²) in [6, 6.07) is 0. The third kappa shape index (κ3) is 6.24. The summed E-state index contributed by atoms with van der Waals surface area (Å²) >= 11 is 0. The summed E-state index contributed by atoms with van der Waals surface area (Å²) in [5, 5.41) is 0. The predicted octanol–water partition coefficient (Wildman–Crippen LogP) is 2.30. The molecule has 0 amide bonds. The molecular formula is C11H20F3NO2. The van der Waals surface area contributed by atoms with Crippen molar-refractivity contribution in [1.82, 2.24) is 0 Å². The quantitative estimate of drug-likeness (QED) is 0.741. The van der Waals surface area contributed by atoms with Crippen LogP contribution in [0.1, 0.15) is 25.7 Å². The lowest BCUT2D eigenvalue weighted by Gasteiger charge is -2.30. The van der Waals surface area contributed by atoms with Crippen molar-refractivity contribution in [2.45, 2.75) is 32.0 Å². The molecule has 0 saturated heterocycles. The highest BCUT2D eigenvalue weighted by molar-refractivity contribution is 4.75. The first-order valence-corrected chi connectivity index (χ1v) is 6.01. The van der Waals surface area contributed by atoms with E-state index in [0.29, 0.717) is 25.0 Å². The molecule has 2 N–H and O–H groups in total. The molecule has 0 aromatic carbocycles. The van der Waals surface area contributed by atoms with Crippen molar-refractivity contribution in [1.29, 1.82) is 0 Å². The van der Waals surface area contributed by atoms with E-state index in [1.807, 2.05) is 0 Å². The van der Waals surface area contributed by atoms with Gasteiger partial charge in [0.15, 0.2) is 0 Å². The Morgan fingerprint density at radius 3 is 2.29 bits per heavy atom. The third-order valence-electron chi connectivity index (χ3n) is 3.19. The van der Waals surface area contributed by atoms with E-state index < -0.39 is 13.0 Å². The highest BCUT2D eigenvalue weighted by Crippen LogP contribution is 2.29. The number of rotatable bonds is 6. The van der Waals surface area contributed by atoms with Crippen LogP contribution in [-0.4, -0.2) is 32.7 Å². The van der Waals surface area contributed by atoms with Crippen LogP contribution < -0.4 is 5.73 Å². The minimum Gasteiger partial charge on any atom is -0.379 e. The number of hydrogen-bond donors (Lipinski definition) is 1. The Kier molecular flexibility index (Phi) is 6.22. The lowest BCUT2D eigenvalue weighted by atomic mass is 9.80. The maximum Gasteiger partial charge on any atom is 0.522 e. The van der Waals surface area contributed by atoms with E-state index >= 15 is 0 Å². The van der Waals surface area contributed by atoms with Gasteiger partial charge in [0.1, 0.15) is 0 Å². The molecular weight excluding hydrogens is 235 g/mol. The second kappa shape index (κ2) is 7.18. The van der Waals surface area contributed by atoms with Crippen LogP contribution in [0.25, 0.3) is 0 Å². The molecule has 0 aliphatic heterocycles. The number of nitrogens with two attached hydrogens (primary N) is 1. The lowest BCUT2D eigenvalue weighted by molar-refractivity contribution is -0.327. The van der Waals surface area contributed by atoms with Gasteiger partial charge in [-0.15, -0.1) is 13.2 Å². The molecule has 6 heteroatoms. The summed E-state index contributed by atoms with van der Waals surface area (Å²) in [6.45, 7) is 0.660. The molecule has 1 aliphatic carbocycles. The van der Waals surface area contributed by atoms with Gasteiger partial charge in [-0.25, -0.2) is 0 Å². The van der Waals surface area contributed by atoms with E-state index in [1.165, 1.54) is 6.42 Å². The molecule has 0 aromatic rings. The molecule has 1 fully saturated rings. The molecule has 1 aliphatic rings. The Labute approximate surface area is 99.4 Å². The lowest BCUT2D eigenvalue weighted by Crippen LogP contribution is -2.30. The SMILES string of the molecule is NCC1CCCCC1COCCOC(F)(F)F. The van der Waals surface area contributed by atoms with Crippen molar-refractivity contribution in [2.24, 2.45) is 17.6 Å². The maximum absolute atomic E-state index is 11.7. The van der Waals surface area contributed by atoms with Gasteiger partial charge in [0, 0.05) is 6.61 Å². The molecule has 1 saturated carbocycles. The zero-order chi connectivity index (χ0) is 12.7. The molecule has 3 nitrogen and oxygen atoms in total. The first kappa shape index (κ1) is 14.7. The van der Waals surface area contributed by atoms with Gasteiger partial charge in [0.2, 0.25) is 0 Å². The monoisotopic (exact) mass is 255 g/mol. The number of halogens is 3. The van der Waals surface area contributed by atoms with E-state index in [1.54, 1.807) is 0 Å². The fraction of sp³-hybridized carbons (Fsp3) is 1.00. The number of alkyl halides is 3. The van der Waals surface area contributed by atoms with Crippen LogP contribution in [0.3, 0.4) is 0 Å². The predicted molar refractivity (Wildman–Crippen MR) is 57.3 cm³/mol. The maximum atomic E-state index is 11.7. The molecule has 0 aromatic heterocycles. The summed E-state index contributed by atoms with van der Waals surface area (Å²) in [7, 11) is 0. The van der Waals surface area contributed by atoms with Crippen LogP contribution >= 0.6 is 0 Å². The second-order valence-corrected chi connectivity index (χ2v) is 4.41. The average Bonchev–Trinajstić information content (AvgIpc) is 2.27. The first-order chi connectivity index (χ1) is 8.03. The second-order valence-electron chi connectivity index (χ2n) is 4.41. The van der Waals surface area contributed by atoms with Crippen LogP contribution in [0.15, 0.2) is 0 Å². The summed E-state index contributed by atoms with van der Waals surface area (Å²) < 4.78 is 43.8. The number of ether oxygens (including phenoxy) is 2. The molecule has 0 spiro atoms. The zero-order valence-corrected chi connectivity index (χ0v) is 9.84.